The molecule has 0 heterocycles. The van der Waals surface area contributed by atoms with Gasteiger partial charge in [0.1, 0.15) is 5.75 Å². The Balaban J connectivity index is 3.04. The van der Waals surface area contributed by atoms with Crippen LogP contribution >= 0.6 is 11.6 Å². The topological polar surface area (TPSA) is 21.3 Å². The van der Waals surface area contributed by atoms with Crippen LogP contribution in [0.2, 0.25) is 5.02 Å². The third-order valence-electron chi connectivity index (χ3n) is 2.58. The lowest BCUT2D eigenvalue weighted by Crippen LogP contribution is -2.15. The van der Waals surface area contributed by atoms with Gasteiger partial charge in [-0.3, -0.25) is 0 Å². The highest BCUT2D eigenvalue weighted by Gasteiger charge is 2.11. The minimum absolute atomic E-state index is 0.457. The lowest BCUT2D eigenvalue weighted by molar-refractivity contribution is 0.414. The fourth-order valence-electron chi connectivity index (χ4n) is 1.77. The largest absolute Gasteiger partial charge is 0.495 e. The Hall–Kier alpha value is -0.730. The zero-order valence-electron chi connectivity index (χ0n) is 9.73. The van der Waals surface area contributed by atoms with E-state index in [0.29, 0.717) is 10.9 Å². The van der Waals surface area contributed by atoms with E-state index in [2.05, 4.69) is 19.2 Å². The number of hydrogen-bond acceptors (Lipinski definition) is 2. The van der Waals surface area contributed by atoms with Crippen molar-refractivity contribution < 1.29 is 4.74 Å². The summed E-state index contributed by atoms with van der Waals surface area (Å²) < 4.78 is 5.17. The maximum absolute atomic E-state index is 6.10. The number of ether oxygens (including phenoxy) is 1. The highest BCUT2D eigenvalue weighted by atomic mass is 35.5. The number of likely N-dealkylation sites (N-methyl/N-ethyl adjacent to an activating group) is 1. The summed E-state index contributed by atoms with van der Waals surface area (Å²) in [6.45, 7) is 5.21. The van der Waals surface area contributed by atoms with Crippen LogP contribution in [0.25, 0.3) is 0 Å². The summed E-state index contributed by atoms with van der Waals surface area (Å²) in [5.41, 5.74) is 2.49. The van der Waals surface area contributed by atoms with Gasteiger partial charge in [0.15, 0.2) is 0 Å². The van der Waals surface area contributed by atoms with Gasteiger partial charge in [-0.05, 0) is 43.1 Å². The molecule has 1 aromatic carbocycles. The molecular weight excluding hydrogens is 210 g/mol. The van der Waals surface area contributed by atoms with Crippen LogP contribution in [-0.4, -0.2) is 20.7 Å². The van der Waals surface area contributed by atoms with Crippen LogP contribution in [0.4, 0.5) is 0 Å². The number of hydrogen-bond donors (Lipinski definition) is 1. The third-order valence-corrected chi connectivity index (χ3v) is 2.88. The lowest BCUT2D eigenvalue weighted by atomic mass is 9.96. The number of aryl methyl sites for hydroxylation is 1. The van der Waals surface area contributed by atoms with Crippen LogP contribution in [0.5, 0.6) is 5.75 Å². The second-order valence-electron chi connectivity index (χ2n) is 3.80. The van der Waals surface area contributed by atoms with Crippen LogP contribution in [0.3, 0.4) is 0 Å². The Bertz CT molecular complexity index is 339. The molecule has 15 heavy (non-hydrogen) atoms. The van der Waals surface area contributed by atoms with E-state index >= 15 is 0 Å². The molecule has 3 heteroatoms. The smallest absolute Gasteiger partial charge is 0.137 e. The van der Waals surface area contributed by atoms with Gasteiger partial charge in [0.05, 0.1) is 12.1 Å². The van der Waals surface area contributed by atoms with Crippen LogP contribution in [0, 0.1) is 6.92 Å². The Morgan fingerprint density at radius 1 is 1.47 bits per heavy atom. The van der Waals surface area contributed by atoms with Gasteiger partial charge in [0.2, 0.25) is 0 Å². The van der Waals surface area contributed by atoms with Gasteiger partial charge >= 0.3 is 0 Å². The van der Waals surface area contributed by atoms with Gasteiger partial charge in [-0.2, -0.15) is 0 Å². The predicted octanol–water partition coefficient (Wildman–Crippen LogP) is 2.98. The minimum atomic E-state index is 0.457. The van der Waals surface area contributed by atoms with Crippen molar-refractivity contribution in [2.24, 2.45) is 0 Å². The number of rotatable bonds is 4. The van der Waals surface area contributed by atoms with Crippen molar-refractivity contribution in [3.8, 4) is 5.75 Å². The number of methoxy groups -OCH3 is 1. The molecule has 0 spiro atoms. The number of benzene rings is 1. The standard InChI is InChI=1S/C12H18ClNO/c1-8-5-12(15-4)11(13)6-10(8)9(2)7-14-3/h5-6,9,14H,7H2,1-4H3. The molecule has 0 bridgehead atoms. The summed E-state index contributed by atoms with van der Waals surface area (Å²) in [6.07, 6.45) is 0. The molecule has 0 aliphatic carbocycles. The molecule has 0 saturated heterocycles. The number of halogens is 1. The summed E-state index contributed by atoms with van der Waals surface area (Å²) >= 11 is 6.10. The molecule has 2 nitrogen and oxygen atoms in total. The van der Waals surface area contributed by atoms with Crippen molar-refractivity contribution in [3.63, 3.8) is 0 Å². The van der Waals surface area contributed by atoms with E-state index in [1.54, 1.807) is 7.11 Å². The second-order valence-corrected chi connectivity index (χ2v) is 4.21. The summed E-state index contributed by atoms with van der Waals surface area (Å²) in [5.74, 6) is 1.20. The van der Waals surface area contributed by atoms with Gasteiger partial charge in [0, 0.05) is 6.54 Å². The summed E-state index contributed by atoms with van der Waals surface area (Å²) in [6, 6.07) is 3.99. The first-order chi connectivity index (χ1) is 7.10. The van der Waals surface area contributed by atoms with Crippen molar-refractivity contribution in [3.05, 3.63) is 28.3 Å². The summed E-state index contributed by atoms with van der Waals surface area (Å²) in [5, 5.41) is 3.85. The first-order valence-corrected chi connectivity index (χ1v) is 5.46. The highest BCUT2D eigenvalue weighted by molar-refractivity contribution is 6.32. The minimum Gasteiger partial charge on any atom is -0.495 e. The van der Waals surface area contributed by atoms with Crippen LogP contribution < -0.4 is 10.1 Å². The molecule has 1 aromatic rings. The number of nitrogens with one attached hydrogen (secondary N) is 1. The lowest BCUT2D eigenvalue weighted by Gasteiger charge is -2.16. The molecule has 1 rings (SSSR count). The maximum atomic E-state index is 6.10. The first-order valence-electron chi connectivity index (χ1n) is 5.08. The van der Waals surface area contributed by atoms with E-state index in [9.17, 15) is 0 Å². The SMILES string of the molecule is CNCC(C)c1cc(Cl)c(OC)cc1C. The molecule has 1 atom stereocenters. The normalized spacial score (nSPS) is 12.6. The molecule has 84 valence electrons. The summed E-state index contributed by atoms with van der Waals surface area (Å²) in [4.78, 5) is 0. The molecule has 0 radical (unpaired) electrons. The van der Waals surface area contributed by atoms with Gasteiger partial charge in [-0.1, -0.05) is 18.5 Å². The van der Waals surface area contributed by atoms with Crippen LogP contribution in [0.1, 0.15) is 24.0 Å². The van der Waals surface area contributed by atoms with E-state index in [0.717, 1.165) is 12.3 Å². The average molecular weight is 228 g/mol. The molecular formula is C12H18ClNO. The van der Waals surface area contributed by atoms with Crippen molar-refractivity contribution in [1.82, 2.24) is 5.32 Å². The van der Waals surface area contributed by atoms with Crippen molar-refractivity contribution in [2.75, 3.05) is 20.7 Å². The molecule has 1 unspecified atom stereocenters. The molecule has 1 N–H and O–H groups in total. The third kappa shape index (κ3) is 2.86. The van der Waals surface area contributed by atoms with E-state index in [4.69, 9.17) is 16.3 Å². The van der Waals surface area contributed by atoms with Crippen molar-refractivity contribution >= 4 is 11.6 Å². The van der Waals surface area contributed by atoms with Gasteiger partial charge in [-0.25, -0.2) is 0 Å². The Kier molecular flexibility index (Phi) is 4.43. The quantitative estimate of drug-likeness (QED) is 0.854. The molecule has 0 aliphatic rings. The second kappa shape index (κ2) is 5.38. The van der Waals surface area contributed by atoms with Crippen LogP contribution in [-0.2, 0) is 0 Å². The molecule has 0 fully saturated rings. The fraction of sp³-hybridized carbons (Fsp3) is 0.500. The molecule has 0 aliphatic heterocycles. The summed E-state index contributed by atoms with van der Waals surface area (Å²) in [7, 11) is 3.59. The van der Waals surface area contributed by atoms with E-state index < -0.39 is 0 Å². The first kappa shape index (κ1) is 12.3. The predicted molar refractivity (Wildman–Crippen MR) is 65.1 cm³/mol. The Morgan fingerprint density at radius 2 is 2.13 bits per heavy atom. The molecule has 0 saturated carbocycles. The Labute approximate surface area is 96.6 Å². The highest BCUT2D eigenvalue weighted by Crippen LogP contribution is 2.31. The maximum Gasteiger partial charge on any atom is 0.137 e. The molecule has 0 aromatic heterocycles. The fourth-order valence-corrected chi connectivity index (χ4v) is 2.02. The Morgan fingerprint density at radius 3 is 2.67 bits per heavy atom. The van der Waals surface area contributed by atoms with Crippen LogP contribution in [0.15, 0.2) is 12.1 Å². The van der Waals surface area contributed by atoms with Gasteiger partial charge in [-0.15, -0.1) is 0 Å². The molecule has 0 amide bonds. The van der Waals surface area contributed by atoms with Gasteiger partial charge in [0.25, 0.3) is 0 Å². The zero-order valence-corrected chi connectivity index (χ0v) is 10.5. The van der Waals surface area contributed by atoms with E-state index in [1.165, 1.54) is 11.1 Å². The monoisotopic (exact) mass is 227 g/mol. The van der Waals surface area contributed by atoms with E-state index in [-0.39, 0.29) is 0 Å². The van der Waals surface area contributed by atoms with Crippen molar-refractivity contribution in [1.29, 1.82) is 0 Å². The average Bonchev–Trinajstić information content (AvgIpc) is 2.21. The van der Waals surface area contributed by atoms with Crippen molar-refractivity contribution in [2.45, 2.75) is 19.8 Å². The van der Waals surface area contributed by atoms with Gasteiger partial charge < -0.3 is 10.1 Å². The zero-order chi connectivity index (χ0) is 11.4. The van der Waals surface area contributed by atoms with E-state index in [1.807, 2.05) is 19.2 Å².